The molecule has 1 aromatic heterocycles. The maximum Gasteiger partial charge on any atom is 0.280 e. The number of ether oxygens (including phenoxy) is 1. The van der Waals surface area contributed by atoms with Gasteiger partial charge >= 0.3 is 0 Å². The summed E-state index contributed by atoms with van der Waals surface area (Å²) in [5.41, 5.74) is 2.79. The highest BCUT2D eigenvalue weighted by Gasteiger charge is 2.44. The molecule has 3 amide bonds. The molecule has 1 unspecified atom stereocenters. The summed E-state index contributed by atoms with van der Waals surface area (Å²) >= 11 is 0. The van der Waals surface area contributed by atoms with Crippen molar-refractivity contribution in [3.05, 3.63) is 23.9 Å². The number of amides is 3. The SMILES string of the molecule is CC1(C(=O)NNC(=O)c2cccnc2NC2CCC(F)(F)CC2)OCCNC1=O. The summed E-state index contributed by atoms with van der Waals surface area (Å²) in [6.07, 6.45) is 1.53. The van der Waals surface area contributed by atoms with Gasteiger partial charge in [-0.2, -0.15) is 0 Å². The molecule has 1 aliphatic carbocycles. The third kappa shape index (κ3) is 4.78. The van der Waals surface area contributed by atoms with E-state index in [2.05, 4.69) is 26.5 Å². The molecule has 0 aromatic carbocycles. The minimum Gasteiger partial charge on any atom is -0.367 e. The molecule has 1 aromatic rings. The number of carbonyl (C=O) groups excluding carboxylic acids is 3. The minimum absolute atomic E-state index is 0.129. The van der Waals surface area contributed by atoms with Gasteiger partial charge in [-0.05, 0) is 31.9 Å². The Balaban J connectivity index is 1.61. The number of carbonyl (C=O) groups is 3. The first-order valence-corrected chi connectivity index (χ1v) is 9.34. The topological polar surface area (TPSA) is 121 Å². The molecule has 0 spiro atoms. The van der Waals surface area contributed by atoms with E-state index in [0.717, 1.165) is 0 Å². The molecule has 2 aliphatic rings. The van der Waals surface area contributed by atoms with E-state index < -0.39 is 29.2 Å². The number of halogens is 2. The highest BCUT2D eigenvalue weighted by Crippen LogP contribution is 2.34. The number of morpholine rings is 1. The minimum atomic E-state index is -2.66. The van der Waals surface area contributed by atoms with E-state index >= 15 is 0 Å². The number of anilines is 1. The Kier molecular flexibility index (Phi) is 5.96. The van der Waals surface area contributed by atoms with Crippen molar-refractivity contribution < 1.29 is 27.9 Å². The Labute approximate surface area is 165 Å². The first-order chi connectivity index (χ1) is 13.7. The second-order valence-corrected chi connectivity index (χ2v) is 7.22. The smallest absolute Gasteiger partial charge is 0.280 e. The molecule has 1 saturated heterocycles. The van der Waals surface area contributed by atoms with Crippen molar-refractivity contribution in [1.29, 1.82) is 0 Å². The van der Waals surface area contributed by atoms with E-state index in [4.69, 9.17) is 4.74 Å². The number of aromatic nitrogens is 1. The summed E-state index contributed by atoms with van der Waals surface area (Å²) in [5.74, 6) is -4.53. The van der Waals surface area contributed by atoms with Crippen LogP contribution in [0.2, 0.25) is 0 Å². The zero-order chi connectivity index (χ0) is 21.1. The van der Waals surface area contributed by atoms with Crippen LogP contribution >= 0.6 is 0 Å². The van der Waals surface area contributed by atoms with Crippen molar-refractivity contribution >= 4 is 23.5 Å². The fourth-order valence-electron chi connectivity index (χ4n) is 3.20. The largest absolute Gasteiger partial charge is 0.367 e. The zero-order valence-electron chi connectivity index (χ0n) is 15.9. The first kappa shape index (κ1) is 20.9. The van der Waals surface area contributed by atoms with Crippen molar-refractivity contribution in [2.75, 3.05) is 18.5 Å². The number of rotatable bonds is 4. The Morgan fingerprint density at radius 1 is 1.28 bits per heavy atom. The lowest BCUT2D eigenvalue weighted by molar-refractivity contribution is -0.164. The molecule has 2 fully saturated rings. The van der Waals surface area contributed by atoms with E-state index in [1.54, 1.807) is 0 Å². The lowest BCUT2D eigenvalue weighted by atomic mass is 9.92. The van der Waals surface area contributed by atoms with Crippen LogP contribution < -0.4 is 21.5 Å². The summed E-state index contributed by atoms with van der Waals surface area (Å²) in [4.78, 5) is 40.9. The summed E-state index contributed by atoms with van der Waals surface area (Å²) in [7, 11) is 0. The molecule has 1 atom stereocenters. The van der Waals surface area contributed by atoms with Gasteiger partial charge in [0.25, 0.3) is 17.7 Å². The fourth-order valence-corrected chi connectivity index (χ4v) is 3.20. The average molecular weight is 411 g/mol. The Morgan fingerprint density at radius 3 is 2.69 bits per heavy atom. The van der Waals surface area contributed by atoms with Crippen molar-refractivity contribution in [3.63, 3.8) is 0 Å². The third-order valence-corrected chi connectivity index (χ3v) is 5.04. The number of hydrogen-bond donors (Lipinski definition) is 4. The van der Waals surface area contributed by atoms with Gasteiger partial charge in [-0.25, -0.2) is 13.8 Å². The van der Waals surface area contributed by atoms with Gasteiger partial charge in [0.1, 0.15) is 5.82 Å². The molecule has 9 nitrogen and oxygen atoms in total. The van der Waals surface area contributed by atoms with Crippen LogP contribution in [0, 0.1) is 0 Å². The maximum atomic E-state index is 13.3. The molecule has 0 bridgehead atoms. The molecule has 1 aliphatic heterocycles. The average Bonchev–Trinajstić information content (AvgIpc) is 2.70. The normalized spacial score (nSPS) is 24.3. The standard InChI is InChI=1S/C18H23F2N5O4/c1-17(15(27)22-9-10-29-17)16(28)25-24-14(26)12-3-2-8-21-13(12)23-11-4-6-18(19,20)7-5-11/h2-3,8,11H,4-7,9-10H2,1H3,(H,21,23)(H,22,27)(H,24,26)(H,25,28). The van der Waals surface area contributed by atoms with E-state index in [-0.39, 0.29) is 49.7 Å². The van der Waals surface area contributed by atoms with Gasteiger partial charge in [0.05, 0.1) is 12.2 Å². The Bertz CT molecular complexity index is 796. The predicted octanol–water partition coefficient (Wildman–Crippen LogP) is 0.737. The van der Waals surface area contributed by atoms with Crippen LogP contribution in [0.25, 0.3) is 0 Å². The number of alkyl halides is 2. The van der Waals surface area contributed by atoms with Crippen LogP contribution in [0.1, 0.15) is 43.0 Å². The number of hydrazine groups is 1. The summed E-state index contributed by atoms with van der Waals surface area (Å²) in [6.45, 7) is 1.77. The van der Waals surface area contributed by atoms with Gasteiger partial charge in [-0.1, -0.05) is 0 Å². The van der Waals surface area contributed by atoms with Gasteiger partial charge in [-0.15, -0.1) is 0 Å². The van der Waals surface area contributed by atoms with Crippen molar-refractivity contribution in [2.45, 2.75) is 50.2 Å². The van der Waals surface area contributed by atoms with Gasteiger partial charge in [0.15, 0.2) is 0 Å². The van der Waals surface area contributed by atoms with E-state index in [1.165, 1.54) is 25.3 Å². The molecule has 3 rings (SSSR count). The molecule has 2 heterocycles. The zero-order valence-corrected chi connectivity index (χ0v) is 15.9. The molecule has 4 N–H and O–H groups in total. The fraction of sp³-hybridized carbons (Fsp3) is 0.556. The number of nitrogens with one attached hydrogen (secondary N) is 4. The van der Waals surface area contributed by atoms with E-state index in [1.807, 2.05) is 0 Å². The van der Waals surface area contributed by atoms with Crippen LogP contribution in [0.15, 0.2) is 18.3 Å². The predicted molar refractivity (Wildman–Crippen MR) is 98.0 cm³/mol. The Hall–Kier alpha value is -2.82. The van der Waals surface area contributed by atoms with Gasteiger partial charge in [0, 0.05) is 31.6 Å². The van der Waals surface area contributed by atoms with Crippen LogP contribution in [-0.2, 0) is 14.3 Å². The van der Waals surface area contributed by atoms with Crippen LogP contribution in [0.5, 0.6) is 0 Å². The highest BCUT2D eigenvalue weighted by atomic mass is 19.3. The lowest BCUT2D eigenvalue weighted by Gasteiger charge is -2.31. The molecule has 0 radical (unpaired) electrons. The van der Waals surface area contributed by atoms with Crippen LogP contribution in [0.3, 0.4) is 0 Å². The molecule has 29 heavy (non-hydrogen) atoms. The van der Waals surface area contributed by atoms with Crippen LogP contribution in [-0.4, -0.2) is 53.4 Å². The molecule has 1 saturated carbocycles. The Morgan fingerprint density at radius 2 is 2.00 bits per heavy atom. The number of nitrogens with zero attached hydrogens (tertiary/aromatic N) is 1. The third-order valence-electron chi connectivity index (χ3n) is 5.04. The van der Waals surface area contributed by atoms with Gasteiger partial charge in [0.2, 0.25) is 11.5 Å². The molecular weight excluding hydrogens is 388 g/mol. The van der Waals surface area contributed by atoms with Gasteiger partial charge < -0.3 is 15.4 Å². The van der Waals surface area contributed by atoms with E-state index in [0.29, 0.717) is 6.54 Å². The quantitative estimate of drug-likeness (QED) is 0.428. The molecule has 158 valence electrons. The number of hydrogen-bond acceptors (Lipinski definition) is 6. The molecule has 11 heteroatoms. The van der Waals surface area contributed by atoms with Crippen molar-refractivity contribution in [3.8, 4) is 0 Å². The summed E-state index contributed by atoms with van der Waals surface area (Å²) in [6, 6.07) is 2.79. The molecular formula is C18H23F2N5O4. The summed E-state index contributed by atoms with van der Waals surface area (Å²) in [5, 5.41) is 5.55. The van der Waals surface area contributed by atoms with Crippen molar-refractivity contribution in [2.24, 2.45) is 0 Å². The lowest BCUT2D eigenvalue weighted by Crippen LogP contribution is -2.63. The van der Waals surface area contributed by atoms with Crippen molar-refractivity contribution in [1.82, 2.24) is 21.2 Å². The van der Waals surface area contributed by atoms with E-state index in [9.17, 15) is 23.2 Å². The monoisotopic (exact) mass is 411 g/mol. The van der Waals surface area contributed by atoms with Gasteiger partial charge in [-0.3, -0.25) is 25.2 Å². The maximum absolute atomic E-state index is 13.3. The van der Waals surface area contributed by atoms with Crippen LogP contribution in [0.4, 0.5) is 14.6 Å². The highest BCUT2D eigenvalue weighted by molar-refractivity contribution is 6.09. The second kappa shape index (κ2) is 8.27. The first-order valence-electron chi connectivity index (χ1n) is 9.34. The number of pyridine rings is 1. The second-order valence-electron chi connectivity index (χ2n) is 7.22. The summed E-state index contributed by atoms with van der Waals surface area (Å²) < 4.78 is 31.9.